The highest BCUT2D eigenvalue weighted by Crippen LogP contribution is 2.53. The molecule has 3 aliphatic heterocycles. The molecule has 12 aromatic rings. The monoisotopic (exact) mass is 1830 g/mol. The van der Waals surface area contributed by atoms with Crippen LogP contribution in [0.3, 0.4) is 0 Å². The maximum Gasteiger partial charge on any atom is 0.259 e. The Labute approximate surface area is 760 Å². The SMILES string of the molecule is C.C.CC(C)N(C(C)C)P(Cl)OCCC#N.CCC1OC(n2nc(-c3ccco3)c3c(N)ncnc32)CC1C.CN(C)C=Nc1ncnc2c1c(-c1ccco1)nn2C1CC(O)C(CO)O1.COc1ccc(C(OCC2OC(n3nc(-c4ccco4)c4c(N=CN(C)C)ncnc43)CC2OP(OCCC#N)N(C(C)C)C(C)C)(c2ccccc2)c2ccc(OC)cc2)cc1. The first-order chi connectivity index (χ1) is 61.3. The van der Waals surface area contributed by atoms with Gasteiger partial charge in [0.1, 0.15) is 71.2 Å². The Morgan fingerprint density at radius 1 is 0.566 bits per heavy atom. The van der Waals surface area contributed by atoms with Crippen LogP contribution in [0, 0.1) is 28.6 Å². The molecule has 3 aromatic carbocycles. The van der Waals surface area contributed by atoms with Gasteiger partial charge in [0, 0.05) is 65.2 Å². The molecule has 12 heterocycles. The van der Waals surface area contributed by atoms with Gasteiger partial charge in [0.15, 0.2) is 64.5 Å². The number of aliphatic imine (C=N–C) groups is 2. The predicted molar refractivity (Wildman–Crippen MR) is 498 cm³/mol. The van der Waals surface area contributed by atoms with Gasteiger partial charge in [-0.05, 0) is 163 Å². The van der Waals surface area contributed by atoms with Gasteiger partial charge in [-0.15, -0.1) is 0 Å². The second-order valence-electron chi connectivity index (χ2n) is 31.7. The molecule has 9 aromatic heterocycles. The third-order valence-electron chi connectivity index (χ3n) is 21.0. The van der Waals surface area contributed by atoms with E-state index in [9.17, 15) is 15.5 Å². The summed E-state index contributed by atoms with van der Waals surface area (Å²) in [5, 5.41) is 53.6. The zero-order chi connectivity index (χ0) is 90.6. The molecule has 15 rings (SSSR count). The van der Waals surface area contributed by atoms with Crippen LogP contribution in [0.4, 0.5) is 17.5 Å². The molecule has 11 unspecified atom stereocenters. The lowest BCUT2D eigenvalue weighted by Gasteiger charge is -2.39. The van der Waals surface area contributed by atoms with Crippen LogP contribution in [0.1, 0.15) is 158 Å². The van der Waals surface area contributed by atoms with Gasteiger partial charge in [-0.25, -0.2) is 63.3 Å². The molecule has 35 nitrogen and oxygen atoms in total. The van der Waals surface area contributed by atoms with Crippen LogP contribution in [-0.4, -0.2) is 225 Å². The topological polar surface area (TPSA) is 405 Å². The largest absolute Gasteiger partial charge is 0.497 e. The smallest absolute Gasteiger partial charge is 0.259 e. The number of benzene rings is 3. The number of anilines is 1. The lowest BCUT2D eigenvalue weighted by Crippen LogP contribution is -2.39. The summed E-state index contributed by atoms with van der Waals surface area (Å²) in [5.41, 5.74) is 11.0. The van der Waals surface area contributed by atoms with Gasteiger partial charge in [0.25, 0.3) is 8.53 Å². The first-order valence-corrected chi connectivity index (χ1v) is 45.3. The molecule has 129 heavy (non-hydrogen) atoms. The van der Waals surface area contributed by atoms with Crippen molar-refractivity contribution < 1.29 is 65.5 Å². The zero-order valence-electron chi connectivity index (χ0n) is 74.3. The number of halogens is 1. The van der Waals surface area contributed by atoms with E-state index < -0.39 is 58.7 Å². The standard InChI is InChI=1S/C47H55N8O7P.C17H20N6O4.C16H19N5O2.C9H18ClN2OP.2CH4/c1-32(2)55(33(3)4)63(60-27-13-25-48)62-40-28-42(54-46-43(44(52-54)39-16-12-26-58-39)45(49-30-50-46)51-31-53(5)6)61-41(40)29-59-47(34-14-10-9-11-15-34,35-17-21-37(56-7)22-18-35)36-19-23-38(57-8)24-20-36;1-22(2)9-20-16-14-15(11-4-3-5-26-11)21-23(17(14)19-8-18-16)13-6-10(25)12(7-24)27-13;1-3-10-9(2)7-12(23-10)21-16-13(15(17)18-8-19-16)14(20-21)11-5-4-6-22-11;1-8(2)12(9(3)4)14(10)13-7-5-6-11;;/h9-12,14-24,26,30-33,40-42H,13,27-29H2,1-8H3;3-5,8-10,12-13,24-25H,6-7H2,1-2H3;4-6,8-10,12H,3,7H2,1-2H3,(H2,17,18,19);8-9H,5,7H2,1-4H3;2*1H4. The number of hydrogen-bond acceptors (Lipinski definition) is 30. The fourth-order valence-electron chi connectivity index (χ4n) is 15.3. The third-order valence-corrected chi connectivity index (χ3v) is 25.7. The summed E-state index contributed by atoms with van der Waals surface area (Å²) in [4.78, 5) is 39.1. The highest BCUT2D eigenvalue weighted by Gasteiger charge is 2.47. The number of aliphatic hydroxyl groups excluding tert-OH is 2. The quantitative estimate of drug-likeness (QED) is 0.0111. The highest BCUT2D eigenvalue weighted by molar-refractivity contribution is 7.78. The summed E-state index contributed by atoms with van der Waals surface area (Å²) in [6.07, 6.45) is 11.8. The number of fused-ring (bicyclic) bond motifs is 3. The molecule has 3 fully saturated rings. The van der Waals surface area contributed by atoms with Gasteiger partial charge < -0.3 is 81.0 Å². The van der Waals surface area contributed by atoms with Gasteiger partial charge in [-0.2, -0.15) is 25.8 Å². The Bertz CT molecular complexity index is 5520. The summed E-state index contributed by atoms with van der Waals surface area (Å²) >= 11 is 6.13. The van der Waals surface area contributed by atoms with E-state index in [1.165, 1.54) is 19.0 Å². The van der Waals surface area contributed by atoms with Crippen molar-refractivity contribution in [2.75, 3.05) is 74.6 Å². The van der Waals surface area contributed by atoms with Crippen molar-refractivity contribution in [2.45, 2.75) is 202 Å². The number of nitrogens with two attached hydrogens (primary N) is 1. The Morgan fingerprint density at radius 3 is 1.41 bits per heavy atom. The Kier molecular flexibility index (Phi) is 36.7. The van der Waals surface area contributed by atoms with Crippen molar-refractivity contribution in [3.8, 4) is 58.0 Å². The number of methoxy groups -OCH3 is 2. The fourth-order valence-corrected chi connectivity index (χ4v) is 19.5. The van der Waals surface area contributed by atoms with Gasteiger partial charge >= 0.3 is 0 Å². The second-order valence-corrected chi connectivity index (χ2v) is 35.2. The maximum absolute atomic E-state index is 10.1. The summed E-state index contributed by atoms with van der Waals surface area (Å²) < 4.78 is 83.0. The van der Waals surface area contributed by atoms with Crippen molar-refractivity contribution in [1.29, 1.82) is 10.5 Å². The molecule has 3 aliphatic rings. The lowest BCUT2D eigenvalue weighted by atomic mass is 9.80. The van der Waals surface area contributed by atoms with Gasteiger partial charge in [-0.1, -0.05) is 83.3 Å². The number of nitrogens with zero attached hydrogens (tertiary/aromatic N) is 20. The van der Waals surface area contributed by atoms with Crippen molar-refractivity contribution in [2.24, 2.45) is 15.9 Å². The number of furan rings is 3. The van der Waals surface area contributed by atoms with E-state index in [1.807, 2.05) is 135 Å². The molecule has 0 bridgehead atoms. The molecule has 4 N–H and O–H groups in total. The van der Waals surface area contributed by atoms with Crippen molar-refractivity contribution in [3.05, 3.63) is 170 Å². The minimum absolute atomic E-state index is 0. The van der Waals surface area contributed by atoms with Crippen molar-refractivity contribution in [3.63, 3.8) is 0 Å². The molecular formula is C91H120ClN21O14P2. The van der Waals surface area contributed by atoms with Crippen LogP contribution >= 0.6 is 27.4 Å². The average Bonchev–Trinajstić information content (AvgIpc) is 1.54. The van der Waals surface area contributed by atoms with Crippen LogP contribution in [0.15, 0.2) is 176 Å². The van der Waals surface area contributed by atoms with E-state index in [0.29, 0.717) is 129 Å². The minimum Gasteiger partial charge on any atom is -0.497 e. The number of nitriles is 2. The molecular weight excluding hydrogens is 1710 g/mol. The van der Waals surface area contributed by atoms with Crippen LogP contribution in [-0.2, 0) is 38.1 Å². The molecule has 690 valence electrons. The summed E-state index contributed by atoms with van der Waals surface area (Å²) in [5.74, 6) is 4.92. The average molecular weight is 1830 g/mol. The number of nitrogen functional groups attached to an aromatic ring is 1. The Morgan fingerprint density at radius 2 is 0.992 bits per heavy atom. The van der Waals surface area contributed by atoms with E-state index in [1.54, 1.807) is 72.1 Å². The molecule has 38 heteroatoms. The molecule has 0 spiro atoms. The Balaban J connectivity index is 0.000000213. The highest BCUT2D eigenvalue weighted by atomic mass is 35.7. The van der Waals surface area contributed by atoms with Gasteiger partial charge in [-0.3, -0.25) is 0 Å². The van der Waals surface area contributed by atoms with Crippen LogP contribution < -0.4 is 15.2 Å². The van der Waals surface area contributed by atoms with Crippen molar-refractivity contribution in [1.82, 2.24) is 78.4 Å². The molecule has 0 saturated carbocycles. The van der Waals surface area contributed by atoms with Crippen LogP contribution in [0.2, 0.25) is 0 Å². The first-order valence-electron chi connectivity index (χ1n) is 42.1. The Hall–Kier alpha value is -10.8. The van der Waals surface area contributed by atoms with E-state index in [-0.39, 0.29) is 65.5 Å². The number of aromatic nitrogens is 12. The van der Waals surface area contributed by atoms with E-state index >= 15 is 0 Å². The van der Waals surface area contributed by atoms with Crippen LogP contribution in [0.25, 0.3) is 67.5 Å². The number of ether oxygens (including phenoxy) is 6. The maximum atomic E-state index is 10.1. The zero-order valence-corrected chi connectivity index (χ0v) is 76.8. The molecule has 0 amide bonds. The van der Waals surface area contributed by atoms with E-state index in [0.717, 1.165) is 41.0 Å². The molecule has 0 radical (unpaired) electrons. The van der Waals surface area contributed by atoms with Crippen molar-refractivity contribution >= 4 is 90.6 Å². The second kappa shape index (κ2) is 47.1. The van der Waals surface area contributed by atoms with E-state index in [2.05, 4.69) is 137 Å². The predicted octanol–water partition coefficient (Wildman–Crippen LogP) is 18.0. The summed E-state index contributed by atoms with van der Waals surface area (Å²) in [7, 11) is 8.05. The number of aliphatic hydroxyl groups is 2. The summed E-state index contributed by atoms with van der Waals surface area (Å²) in [6, 6.07) is 42.0. The normalized spacial score (nSPS) is 19.1. The van der Waals surface area contributed by atoms with E-state index in [4.69, 9.17) is 92.7 Å². The lowest BCUT2D eigenvalue weighted by molar-refractivity contribution is -0.0931. The first kappa shape index (κ1) is 100. The summed E-state index contributed by atoms with van der Waals surface area (Å²) in [6.45, 7) is 21.6. The number of rotatable bonds is 34. The fraction of sp³-hybridized carbons (Fsp3) is 0.462. The number of hydrogen-bond donors (Lipinski definition) is 3. The molecule has 0 aliphatic carbocycles. The molecule has 3 saturated heterocycles. The van der Waals surface area contributed by atoms with Gasteiger partial charge in [0.2, 0.25) is 7.65 Å². The minimum atomic E-state index is -1.67. The third kappa shape index (κ3) is 23.7. The van der Waals surface area contributed by atoms with Crippen LogP contribution in [0.5, 0.6) is 11.5 Å². The molecule has 11 atom stereocenters. The van der Waals surface area contributed by atoms with Gasteiger partial charge in [0.05, 0.1) is 132 Å².